The third kappa shape index (κ3) is 3.29. The van der Waals surface area contributed by atoms with Gasteiger partial charge in [0.25, 0.3) is 0 Å². The van der Waals surface area contributed by atoms with E-state index in [0.29, 0.717) is 12.4 Å². The Morgan fingerprint density at radius 3 is 3.11 bits per heavy atom. The van der Waals surface area contributed by atoms with Gasteiger partial charge in [0.05, 0.1) is 6.61 Å². The molecule has 0 radical (unpaired) electrons. The second-order valence-corrected chi connectivity index (χ2v) is 4.43. The van der Waals surface area contributed by atoms with Gasteiger partial charge in [-0.2, -0.15) is 0 Å². The average molecular weight is 249 g/mol. The van der Waals surface area contributed by atoms with E-state index in [1.807, 2.05) is 19.1 Å². The van der Waals surface area contributed by atoms with Crippen molar-refractivity contribution in [2.75, 3.05) is 19.7 Å². The first-order chi connectivity index (χ1) is 8.69. The van der Waals surface area contributed by atoms with E-state index in [1.165, 1.54) is 5.56 Å². The van der Waals surface area contributed by atoms with Crippen LogP contribution in [0.5, 0.6) is 0 Å². The van der Waals surface area contributed by atoms with Crippen LogP contribution in [0.15, 0.2) is 22.6 Å². The largest absolute Gasteiger partial charge is 0.441 e. The number of oxazole rings is 1. The fraction of sp³-hybridized carbons (Fsp3) is 0.462. The summed E-state index contributed by atoms with van der Waals surface area (Å²) in [6, 6.07) is 5.85. The normalized spacial score (nSPS) is 13.1. The fourth-order valence-corrected chi connectivity index (χ4v) is 1.82. The van der Waals surface area contributed by atoms with Crippen molar-refractivity contribution in [1.29, 1.82) is 0 Å². The Balaban J connectivity index is 1.87. The second kappa shape index (κ2) is 5.95. The molecule has 0 bridgehead atoms. The number of hydrogen-bond donors (Lipinski definition) is 3. The SMILES string of the molecule is Cc1nc2ccc(CCNCC(N)CO)cc2o1. The van der Waals surface area contributed by atoms with Gasteiger partial charge < -0.3 is 20.6 Å². The van der Waals surface area contributed by atoms with Gasteiger partial charge in [-0.15, -0.1) is 0 Å². The lowest BCUT2D eigenvalue weighted by Gasteiger charge is -2.09. The second-order valence-electron chi connectivity index (χ2n) is 4.43. The molecule has 0 aliphatic heterocycles. The standard InChI is InChI=1S/C13H19N3O2/c1-9-16-12-3-2-10(6-13(12)18-9)4-5-15-7-11(14)8-17/h2-3,6,11,15,17H,4-5,7-8,14H2,1H3. The van der Waals surface area contributed by atoms with Gasteiger partial charge in [-0.25, -0.2) is 4.98 Å². The summed E-state index contributed by atoms with van der Waals surface area (Å²) in [4.78, 5) is 4.26. The molecule has 1 aromatic heterocycles. The zero-order valence-electron chi connectivity index (χ0n) is 10.5. The molecular weight excluding hydrogens is 230 g/mol. The monoisotopic (exact) mass is 249 g/mol. The van der Waals surface area contributed by atoms with Gasteiger partial charge in [-0.3, -0.25) is 0 Å². The summed E-state index contributed by atoms with van der Waals surface area (Å²) in [6.07, 6.45) is 0.897. The smallest absolute Gasteiger partial charge is 0.192 e. The minimum atomic E-state index is -0.190. The number of rotatable bonds is 6. The lowest BCUT2D eigenvalue weighted by molar-refractivity contribution is 0.262. The molecule has 5 nitrogen and oxygen atoms in total. The van der Waals surface area contributed by atoms with Gasteiger partial charge in [0, 0.05) is 19.5 Å². The van der Waals surface area contributed by atoms with Crippen LogP contribution < -0.4 is 11.1 Å². The molecule has 2 aromatic rings. The quantitative estimate of drug-likeness (QED) is 0.652. The molecule has 0 spiro atoms. The van der Waals surface area contributed by atoms with E-state index < -0.39 is 0 Å². The zero-order valence-corrected chi connectivity index (χ0v) is 10.5. The summed E-state index contributed by atoms with van der Waals surface area (Å²) in [5.74, 6) is 0.689. The van der Waals surface area contributed by atoms with Crippen LogP contribution in [-0.4, -0.2) is 35.8 Å². The Kier molecular flexibility index (Phi) is 4.30. The summed E-state index contributed by atoms with van der Waals surface area (Å²) in [7, 11) is 0. The molecule has 2 rings (SSSR count). The van der Waals surface area contributed by atoms with Crippen molar-refractivity contribution in [1.82, 2.24) is 10.3 Å². The summed E-state index contributed by atoms with van der Waals surface area (Å²) < 4.78 is 5.49. The number of nitrogens with two attached hydrogens (primary N) is 1. The van der Waals surface area contributed by atoms with E-state index in [1.54, 1.807) is 0 Å². The molecule has 0 saturated heterocycles. The van der Waals surface area contributed by atoms with Crippen LogP contribution >= 0.6 is 0 Å². The molecular formula is C13H19N3O2. The highest BCUT2D eigenvalue weighted by atomic mass is 16.3. The van der Waals surface area contributed by atoms with Crippen molar-refractivity contribution in [3.63, 3.8) is 0 Å². The van der Waals surface area contributed by atoms with Gasteiger partial charge in [0.1, 0.15) is 5.52 Å². The summed E-state index contributed by atoms with van der Waals surface area (Å²) in [5.41, 5.74) is 8.52. The van der Waals surface area contributed by atoms with Crippen LogP contribution in [0.3, 0.4) is 0 Å². The summed E-state index contributed by atoms with van der Waals surface area (Å²) in [6.45, 7) is 3.31. The topological polar surface area (TPSA) is 84.3 Å². The third-order valence-electron chi connectivity index (χ3n) is 2.79. The maximum atomic E-state index is 8.79. The summed E-state index contributed by atoms with van der Waals surface area (Å²) in [5, 5.41) is 12.0. The van der Waals surface area contributed by atoms with Gasteiger partial charge in [-0.05, 0) is 30.7 Å². The maximum Gasteiger partial charge on any atom is 0.192 e. The van der Waals surface area contributed by atoms with Crippen LogP contribution in [0, 0.1) is 6.92 Å². The first-order valence-electron chi connectivity index (χ1n) is 6.12. The Labute approximate surface area is 106 Å². The predicted octanol–water partition coefficient (Wildman–Crippen LogP) is 0.588. The van der Waals surface area contributed by atoms with Crippen LogP contribution in [0.25, 0.3) is 11.1 Å². The zero-order chi connectivity index (χ0) is 13.0. The van der Waals surface area contributed by atoms with Gasteiger partial charge in [-0.1, -0.05) is 6.07 Å². The van der Waals surface area contributed by atoms with Crippen LogP contribution in [-0.2, 0) is 6.42 Å². The van der Waals surface area contributed by atoms with Gasteiger partial charge in [0.15, 0.2) is 11.5 Å². The molecule has 1 heterocycles. The highest BCUT2D eigenvalue weighted by molar-refractivity contribution is 5.73. The minimum absolute atomic E-state index is 0.0102. The number of nitrogens with one attached hydrogen (secondary N) is 1. The van der Waals surface area contributed by atoms with E-state index in [9.17, 15) is 0 Å². The van der Waals surface area contributed by atoms with Crippen molar-refractivity contribution in [3.05, 3.63) is 29.7 Å². The highest BCUT2D eigenvalue weighted by Gasteiger charge is 2.03. The third-order valence-corrected chi connectivity index (χ3v) is 2.79. The molecule has 0 fully saturated rings. The van der Waals surface area contributed by atoms with Crippen molar-refractivity contribution >= 4 is 11.1 Å². The molecule has 0 aliphatic rings. The minimum Gasteiger partial charge on any atom is -0.441 e. The van der Waals surface area contributed by atoms with E-state index in [0.717, 1.165) is 24.1 Å². The Bertz CT molecular complexity index is 510. The van der Waals surface area contributed by atoms with Crippen molar-refractivity contribution < 1.29 is 9.52 Å². The maximum absolute atomic E-state index is 8.79. The first-order valence-corrected chi connectivity index (χ1v) is 6.12. The number of aliphatic hydroxyl groups is 1. The van der Waals surface area contributed by atoms with Crippen LogP contribution in [0.4, 0.5) is 0 Å². The Morgan fingerprint density at radius 1 is 1.50 bits per heavy atom. The summed E-state index contributed by atoms with van der Waals surface area (Å²) >= 11 is 0. The van der Waals surface area contributed by atoms with Gasteiger partial charge in [0.2, 0.25) is 0 Å². The average Bonchev–Trinajstić information content (AvgIpc) is 2.73. The number of benzene rings is 1. The molecule has 0 amide bonds. The number of aryl methyl sites for hydroxylation is 1. The molecule has 0 saturated carbocycles. The first kappa shape index (κ1) is 13.0. The van der Waals surface area contributed by atoms with Crippen molar-refractivity contribution in [2.45, 2.75) is 19.4 Å². The van der Waals surface area contributed by atoms with Crippen molar-refractivity contribution in [2.24, 2.45) is 5.73 Å². The predicted molar refractivity (Wildman–Crippen MR) is 70.4 cm³/mol. The molecule has 0 aliphatic carbocycles. The Hall–Kier alpha value is -1.43. The number of fused-ring (bicyclic) bond motifs is 1. The van der Waals surface area contributed by atoms with Crippen LogP contribution in [0.2, 0.25) is 0 Å². The molecule has 18 heavy (non-hydrogen) atoms. The van der Waals surface area contributed by atoms with E-state index in [2.05, 4.69) is 16.4 Å². The van der Waals surface area contributed by atoms with Gasteiger partial charge >= 0.3 is 0 Å². The van der Waals surface area contributed by atoms with E-state index in [-0.39, 0.29) is 12.6 Å². The molecule has 1 unspecified atom stereocenters. The Morgan fingerprint density at radius 2 is 2.33 bits per heavy atom. The number of nitrogens with zero attached hydrogens (tertiary/aromatic N) is 1. The molecule has 5 heteroatoms. The number of aliphatic hydroxyl groups excluding tert-OH is 1. The van der Waals surface area contributed by atoms with E-state index in [4.69, 9.17) is 15.3 Å². The lowest BCUT2D eigenvalue weighted by atomic mass is 10.1. The molecule has 4 N–H and O–H groups in total. The number of aromatic nitrogens is 1. The molecule has 1 atom stereocenters. The fourth-order valence-electron chi connectivity index (χ4n) is 1.82. The number of hydrogen-bond acceptors (Lipinski definition) is 5. The van der Waals surface area contributed by atoms with Crippen LogP contribution in [0.1, 0.15) is 11.5 Å². The highest BCUT2D eigenvalue weighted by Crippen LogP contribution is 2.16. The lowest BCUT2D eigenvalue weighted by Crippen LogP contribution is -2.37. The molecule has 98 valence electrons. The van der Waals surface area contributed by atoms with E-state index >= 15 is 0 Å². The molecule has 1 aromatic carbocycles. The van der Waals surface area contributed by atoms with Crippen molar-refractivity contribution in [3.8, 4) is 0 Å².